The van der Waals surface area contributed by atoms with E-state index in [0.717, 1.165) is 11.1 Å². The van der Waals surface area contributed by atoms with E-state index in [0.29, 0.717) is 11.3 Å². The molecule has 0 aliphatic rings. The normalized spacial score (nSPS) is 11.5. The molecule has 0 fully saturated rings. The molecule has 0 heterocycles. The highest BCUT2D eigenvalue weighted by Gasteiger charge is 2.28. The van der Waals surface area contributed by atoms with Crippen LogP contribution >= 0.6 is 0 Å². The largest absolute Gasteiger partial charge is 0.343 e. The molecule has 36 heavy (non-hydrogen) atoms. The quantitative estimate of drug-likeness (QED) is 0.258. The number of carbonyl (C=O) groups excluding carboxylic acids is 2. The molecule has 4 rings (SSSR count). The maximum Gasteiger partial charge on any atom is 0.269 e. The zero-order valence-electron chi connectivity index (χ0n) is 19.4. The minimum Gasteiger partial charge on any atom is -0.343 e. The number of amides is 2. The lowest BCUT2D eigenvalue weighted by Crippen LogP contribution is -2.47. The second-order valence-electron chi connectivity index (χ2n) is 8.30. The molecule has 7 heteroatoms. The second kappa shape index (κ2) is 11.6. The summed E-state index contributed by atoms with van der Waals surface area (Å²) in [5.74, 6) is -1.31. The average Bonchev–Trinajstić information content (AvgIpc) is 2.90. The number of anilines is 1. The minimum absolute atomic E-state index is 0.0405. The van der Waals surface area contributed by atoms with Gasteiger partial charge in [-0.05, 0) is 28.8 Å². The number of carbonyl (C=O) groups is 2. The average molecular weight is 480 g/mol. The molecule has 0 saturated heterocycles. The SMILES string of the molecule is O=C(N[C@H](Cc1ccc([N+](=O)[O-])cc1)C(=O)Nc1ccccc1)C(c1ccccc1)c1ccccc1. The maximum atomic E-state index is 13.7. The van der Waals surface area contributed by atoms with Crippen molar-refractivity contribution in [3.63, 3.8) is 0 Å². The molecule has 4 aromatic carbocycles. The number of benzene rings is 4. The number of hydrogen-bond acceptors (Lipinski definition) is 4. The molecule has 0 aromatic heterocycles. The lowest BCUT2D eigenvalue weighted by Gasteiger charge is -2.23. The first kappa shape index (κ1) is 24.3. The van der Waals surface area contributed by atoms with E-state index in [1.807, 2.05) is 66.7 Å². The van der Waals surface area contributed by atoms with Crippen LogP contribution in [-0.4, -0.2) is 22.8 Å². The molecule has 2 amide bonds. The zero-order valence-corrected chi connectivity index (χ0v) is 19.4. The predicted molar refractivity (Wildman–Crippen MR) is 139 cm³/mol. The maximum absolute atomic E-state index is 13.7. The van der Waals surface area contributed by atoms with Crippen LogP contribution in [0.15, 0.2) is 115 Å². The molecule has 1 atom stereocenters. The first-order valence-corrected chi connectivity index (χ1v) is 11.5. The number of nitrogens with one attached hydrogen (secondary N) is 2. The van der Waals surface area contributed by atoms with Gasteiger partial charge in [-0.3, -0.25) is 19.7 Å². The Hall–Kier alpha value is -4.78. The fourth-order valence-corrected chi connectivity index (χ4v) is 3.99. The van der Waals surface area contributed by atoms with E-state index >= 15 is 0 Å². The van der Waals surface area contributed by atoms with Gasteiger partial charge >= 0.3 is 0 Å². The van der Waals surface area contributed by atoms with Crippen LogP contribution < -0.4 is 10.6 Å². The first-order chi connectivity index (χ1) is 17.5. The fraction of sp³-hybridized carbons (Fsp3) is 0.103. The van der Waals surface area contributed by atoms with Gasteiger partial charge in [0.25, 0.3) is 5.69 Å². The van der Waals surface area contributed by atoms with E-state index in [9.17, 15) is 19.7 Å². The first-order valence-electron chi connectivity index (χ1n) is 11.5. The van der Waals surface area contributed by atoms with Crippen molar-refractivity contribution in [1.29, 1.82) is 0 Å². The topological polar surface area (TPSA) is 101 Å². The molecule has 0 aliphatic carbocycles. The molecule has 180 valence electrons. The van der Waals surface area contributed by atoms with Crippen molar-refractivity contribution in [3.05, 3.63) is 142 Å². The number of nitrogens with zero attached hydrogens (tertiary/aromatic N) is 1. The molecule has 0 spiro atoms. The van der Waals surface area contributed by atoms with E-state index < -0.39 is 16.9 Å². The summed E-state index contributed by atoms with van der Waals surface area (Å²) in [5, 5.41) is 16.8. The van der Waals surface area contributed by atoms with Gasteiger partial charge in [-0.25, -0.2) is 0 Å². The molecule has 0 unspecified atom stereocenters. The second-order valence-corrected chi connectivity index (χ2v) is 8.30. The van der Waals surface area contributed by atoms with Crippen molar-refractivity contribution in [3.8, 4) is 0 Å². The van der Waals surface area contributed by atoms with Crippen molar-refractivity contribution in [2.24, 2.45) is 0 Å². The monoisotopic (exact) mass is 479 g/mol. The standard InChI is InChI=1S/C29H25N3O4/c33-28(30-24-14-8-3-9-15-24)26(20-21-16-18-25(19-17-21)32(35)36)31-29(34)27(22-10-4-1-5-11-22)23-12-6-2-7-13-23/h1-19,26-27H,20H2,(H,30,33)(H,31,34)/t26-/m1/s1. The van der Waals surface area contributed by atoms with Gasteiger partial charge in [0, 0.05) is 24.2 Å². The van der Waals surface area contributed by atoms with Crippen molar-refractivity contribution in [2.45, 2.75) is 18.4 Å². The molecule has 0 radical (unpaired) electrons. The third-order valence-corrected chi connectivity index (χ3v) is 5.79. The summed E-state index contributed by atoms with van der Waals surface area (Å²) < 4.78 is 0. The van der Waals surface area contributed by atoms with Crippen LogP contribution in [0.3, 0.4) is 0 Å². The van der Waals surface area contributed by atoms with Crippen LogP contribution in [-0.2, 0) is 16.0 Å². The highest BCUT2D eigenvalue weighted by atomic mass is 16.6. The van der Waals surface area contributed by atoms with Gasteiger partial charge in [-0.2, -0.15) is 0 Å². The number of nitro benzene ring substituents is 1. The van der Waals surface area contributed by atoms with Gasteiger partial charge in [-0.15, -0.1) is 0 Å². The van der Waals surface area contributed by atoms with Crippen molar-refractivity contribution in [2.75, 3.05) is 5.32 Å². The highest BCUT2D eigenvalue weighted by molar-refractivity contribution is 5.98. The number of nitro groups is 1. The number of non-ortho nitro benzene ring substituents is 1. The van der Waals surface area contributed by atoms with Crippen molar-refractivity contribution < 1.29 is 14.5 Å². The zero-order chi connectivity index (χ0) is 25.3. The molecule has 0 aliphatic heterocycles. The van der Waals surface area contributed by atoms with Crippen LogP contribution in [0, 0.1) is 10.1 Å². The molecule has 0 saturated carbocycles. The lowest BCUT2D eigenvalue weighted by molar-refractivity contribution is -0.384. The molecule has 4 aromatic rings. The van der Waals surface area contributed by atoms with E-state index in [4.69, 9.17) is 0 Å². The Kier molecular flexibility index (Phi) is 7.83. The summed E-state index contributed by atoms with van der Waals surface area (Å²) in [7, 11) is 0. The highest BCUT2D eigenvalue weighted by Crippen LogP contribution is 2.25. The minimum atomic E-state index is -0.908. The Labute approximate surface area is 209 Å². The van der Waals surface area contributed by atoms with E-state index in [-0.39, 0.29) is 23.9 Å². The molecular formula is C29H25N3O4. The van der Waals surface area contributed by atoms with Crippen LogP contribution in [0.2, 0.25) is 0 Å². The summed E-state index contributed by atoms with van der Waals surface area (Å²) in [6.45, 7) is 0. The summed E-state index contributed by atoms with van der Waals surface area (Å²) in [6.07, 6.45) is 0.165. The number of rotatable bonds is 9. The number of para-hydroxylation sites is 1. The van der Waals surface area contributed by atoms with Gasteiger partial charge in [0.2, 0.25) is 11.8 Å². The molecule has 7 nitrogen and oxygen atoms in total. The van der Waals surface area contributed by atoms with Gasteiger partial charge in [0.15, 0.2) is 0 Å². The van der Waals surface area contributed by atoms with Gasteiger partial charge in [0.1, 0.15) is 6.04 Å². The van der Waals surface area contributed by atoms with E-state index in [1.54, 1.807) is 36.4 Å². The Morgan fingerprint density at radius 2 is 1.19 bits per heavy atom. The van der Waals surface area contributed by atoms with Crippen LogP contribution in [0.25, 0.3) is 0 Å². The van der Waals surface area contributed by atoms with E-state index in [1.165, 1.54) is 12.1 Å². The van der Waals surface area contributed by atoms with Gasteiger partial charge < -0.3 is 10.6 Å². The summed E-state index contributed by atoms with van der Waals surface area (Å²) in [5.41, 5.74) is 2.86. The molecule has 0 bridgehead atoms. The molecule has 2 N–H and O–H groups in total. The Bertz CT molecular complexity index is 1270. The van der Waals surface area contributed by atoms with Crippen molar-refractivity contribution in [1.82, 2.24) is 5.32 Å². The van der Waals surface area contributed by atoms with Crippen LogP contribution in [0.5, 0.6) is 0 Å². The lowest BCUT2D eigenvalue weighted by atomic mass is 9.90. The smallest absolute Gasteiger partial charge is 0.269 e. The third kappa shape index (κ3) is 6.21. The van der Waals surface area contributed by atoms with E-state index in [2.05, 4.69) is 10.6 Å². The number of hydrogen-bond donors (Lipinski definition) is 2. The Morgan fingerprint density at radius 3 is 1.69 bits per heavy atom. The van der Waals surface area contributed by atoms with Gasteiger partial charge in [0.05, 0.1) is 10.8 Å². The Balaban J connectivity index is 1.62. The van der Waals surface area contributed by atoms with Crippen molar-refractivity contribution >= 4 is 23.2 Å². The van der Waals surface area contributed by atoms with Crippen LogP contribution in [0.4, 0.5) is 11.4 Å². The van der Waals surface area contributed by atoms with Crippen LogP contribution in [0.1, 0.15) is 22.6 Å². The summed E-state index contributed by atoms with van der Waals surface area (Å²) >= 11 is 0. The predicted octanol–water partition coefficient (Wildman–Crippen LogP) is 5.09. The Morgan fingerprint density at radius 1 is 0.694 bits per heavy atom. The third-order valence-electron chi connectivity index (χ3n) is 5.79. The summed E-state index contributed by atoms with van der Waals surface area (Å²) in [6, 6.07) is 32.8. The molecular weight excluding hydrogens is 454 g/mol. The fourth-order valence-electron chi connectivity index (χ4n) is 3.99. The summed E-state index contributed by atoms with van der Waals surface area (Å²) in [4.78, 5) is 37.5. The van der Waals surface area contributed by atoms with Gasteiger partial charge in [-0.1, -0.05) is 91.0 Å².